The molecule has 1 saturated heterocycles. The van der Waals surface area contributed by atoms with Crippen molar-refractivity contribution in [3.8, 4) is 0 Å². The SMILES string of the molecule is CC(C)(C)OC(=O)Nc1nc(C(=NOC(C)(C)C(=O)OC(C)(C)C)C(=O)NC2C(=O)NC2CN)cs1. The molecule has 0 aliphatic carbocycles. The molecule has 2 atom stereocenters. The Kier molecular flexibility index (Phi) is 8.68. The number of anilines is 1. The number of rotatable bonds is 8. The zero-order valence-electron chi connectivity index (χ0n) is 21.7. The largest absolute Gasteiger partial charge is 0.457 e. The van der Waals surface area contributed by atoms with Crippen molar-refractivity contribution in [1.82, 2.24) is 15.6 Å². The lowest BCUT2D eigenvalue weighted by atomic mass is 9.99. The maximum atomic E-state index is 13.1. The van der Waals surface area contributed by atoms with Crippen LogP contribution in [-0.4, -0.2) is 70.0 Å². The predicted octanol–water partition coefficient (Wildman–Crippen LogP) is 1.27. The van der Waals surface area contributed by atoms with E-state index in [2.05, 4.69) is 26.1 Å². The molecule has 1 fully saturated rings. The van der Waals surface area contributed by atoms with Crippen LogP contribution in [0.15, 0.2) is 10.5 Å². The van der Waals surface area contributed by atoms with Gasteiger partial charge in [-0.1, -0.05) is 5.16 Å². The maximum Gasteiger partial charge on any atom is 0.413 e. The van der Waals surface area contributed by atoms with E-state index in [1.54, 1.807) is 41.5 Å². The van der Waals surface area contributed by atoms with Crippen molar-refractivity contribution in [1.29, 1.82) is 0 Å². The van der Waals surface area contributed by atoms with E-state index < -0.39 is 52.8 Å². The number of hydrogen-bond donors (Lipinski definition) is 4. The van der Waals surface area contributed by atoms with Gasteiger partial charge in [0.1, 0.15) is 22.9 Å². The summed E-state index contributed by atoms with van der Waals surface area (Å²) in [6.07, 6.45) is -0.731. The van der Waals surface area contributed by atoms with Crippen LogP contribution in [0.3, 0.4) is 0 Å². The number of aromatic nitrogens is 1. The molecule has 0 bridgehead atoms. The maximum absolute atomic E-state index is 13.1. The molecule has 200 valence electrons. The van der Waals surface area contributed by atoms with Crippen LogP contribution < -0.4 is 21.7 Å². The molecular formula is C22H34N6O7S. The van der Waals surface area contributed by atoms with E-state index in [1.165, 1.54) is 19.2 Å². The monoisotopic (exact) mass is 526 g/mol. The molecule has 2 unspecified atom stereocenters. The number of oxime groups is 1. The number of hydrogen-bond acceptors (Lipinski definition) is 11. The Morgan fingerprint density at radius 1 is 1.11 bits per heavy atom. The molecule has 36 heavy (non-hydrogen) atoms. The molecule has 0 radical (unpaired) electrons. The highest BCUT2D eigenvalue weighted by Crippen LogP contribution is 2.21. The van der Waals surface area contributed by atoms with Gasteiger partial charge >= 0.3 is 12.1 Å². The number of nitrogens with two attached hydrogens (primary N) is 1. The Bertz CT molecular complexity index is 1040. The molecule has 5 N–H and O–H groups in total. The third-order valence-corrected chi connectivity index (χ3v) is 5.14. The fraction of sp³-hybridized carbons (Fsp3) is 0.636. The standard InChI is InChI=1S/C22H34N6O7S/c1-20(2,3)33-17(31)22(7,8)35-28-14(16(30)26-13-11(9-23)24-15(13)29)12-10-36-18(25-12)27-19(32)34-21(4,5)6/h10-11,13H,9,23H2,1-8H3,(H,24,29)(H,26,30)(H,25,27,32). The quantitative estimate of drug-likeness (QED) is 0.168. The van der Waals surface area contributed by atoms with Crippen LogP contribution in [0, 0.1) is 0 Å². The Balaban J connectivity index is 2.30. The molecule has 13 nitrogen and oxygen atoms in total. The molecule has 1 aromatic rings. The summed E-state index contributed by atoms with van der Waals surface area (Å²) in [7, 11) is 0. The smallest absolute Gasteiger partial charge is 0.413 e. The fourth-order valence-corrected chi connectivity index (χ4v) is 3.33. The molecule has 0 spiro atoms. The van der Waals surface area contributed by atoms with Crippen molar-refractivity contribution in [2.45, 2.75) is 84.3 Å². The van der Waals surface area contributed by atoms with E-state index in [-0.39, 0.29) is 23.1 Å². The average Bonchev–Trinajstić information content (AvgIpc) is 3.15. The first-order valence-electron chi connectivity index (χ1n) is 11.2. The fourth-order valence-electron chi connectivity index (χ4n) is 2.65. The number of amides is 3. The number of nitrogens with one attached hydrogen (secondary N) is 3. The van der Waals surface area contributed by atoms with Crippen molar-refractivity contribution in [2.24, 2.45) is 10.9 Å². The first-order valence-corrected chi connectivity index (χ1v) is 12.1. The van der Waals surface area contributed by atoms with Gasteiger partial charge in [0.05, 0.1) is 6.04 Å². The van der Waals surface area contributed by atoms with E-state index in [1.807, 2.05) is 0 Å². The van der Waals surface area contributed by atoms with Gasteiger partial charge in [-0.3, -0.25) is 14.9 Å². The summed E-state index contributed by atoms with van der Waals surface area (Å²) in [5.41, 5.74) is 2.27. The number of esters is 1. The third kappa shape index (κ3) is 8.16. The van der Waals surface area contributed by atoms with E-state index in [0.29, 0.717) is 0 Å². The van der Waals surface area contributed by atoms with Crippen molar-refractivity contribution in [2.75, 3.05) is 11.9 Å². The zero-order valence-corrected chi connectivity index (χ0v) is 22.5. The van der Waals surface area contributed by atoms with E-state index in [0.717, 1.165) is 11.3 Å². The number of nitrogens with zero attached hydrogens (tertiary/aromatic N) is 2. The normalized spacial score (nSPS) is 18.5. The Morgan fingerprint density at radius 3 is 2.25 bits per heavy atom. The minimum Gasteiger partial charge on any atom is -0.457 e. The summed E-state index contributed by atoms with van der Waals surface area (Å²) in [5, 5.41) is 13.1. The highest BCUT2D eigenvalue weighted by Gasteiger charge is 2.41. The Morgan fingerprint density at radius 2 is 1.72 bits per heavy atom. The van der Waals surface area contributed by atoms with Gasteiger partial charge in [-0.05, 0) is 55.4 Å². The van der Waals surface area contributed by atoms with Gasteiger partial charge in [0.15, 0.2) is 10.8 Å². The number of β-lactam (4-membered cyclic amide) rings is 1. The van der Waals surface area contributed by atoms with Gasteiger partial charge in [0.25, 0.3) is 5.91 Å². The summed E-state index contributed by atoms with van der Waals surface area (Å²) in [6, 6.07) is -1.31. The number of carbonyl (C=O) groups excluding carboxylic acids is 4. The van der Waals surface area contributed by atoms with Crippen molar-refractivity contribution in [3.05, 3.63) is 11.1 Å². The number of carbonyl (C=O) groups is 4. The molecule has 3 amide bonds. The molecule has 1 aliphatic rings. The molecule has 0 aromatic carbocycles. The topological polar surface area (TPSA) is 183 Å². The minimum absolute atomic E-state index is 0.0348. The average molecular weight is 527 g/mol. The highest BCUT2D eigenvalue weighted by molar-refractivity contribution is 7.14. The Hall–Kier alpha value is -3.26. The van der Waals surface area contributed by atoms with Gasteiger partial charge in [-0.2, -0.15) is 0 Å². The van der Waals surface area contributed by atoms with Gasteiger partial charge in [-0.15, -0.1) is 11.3 Å². The summed E-state index contributed by atoms with van der Waals surface area (Å²) in [4.78, 5) is 59.2. The van der Waals surface area contributed by atoms with Crippen LogP contribution in [0.2, 0.25) is 0 Å². The zero-order chi connectivity index (χ0) is 27.5. The van der Waals surface area contributed by atoms with Gasteiger partial charge < -0.3 is 30.7 Å². The summed E-state index contributed by atoms with van der Waals surface area (Å²) < 4.78 is 10.5. The van der Waals surface area contributed by atoms with Crippen LogP contribution in [0.5, 0.6) is 0 Å². The third-order valence-electron chi connectivity index (χ3n) is 4.38. The van der Waals surface area contributed by atoms with Crippen LogP contribution in [0.25, 0.3) is 0 Å². The second kappa shape index (κ2) is 10.8. The first kappa shape index (κ1) is 29.0. The number of ether oxygens (including phenoxy) is 2. The Labute approximate surface area is 213 Å². The minimum atomic E-state index is -1.56. The van der Waals surface area contributed by atoms with E-state index >= 15 is 0 Å². The molecule has 0 saturated carbocycles. The molecular weight excluding hydrogens is 492 g/mol. The van der Waals surface area contributed by atoms with Crippen LogP contribution in [0.4, 0.5) is 9.93 Å². The lowest BCUT2D eigenvalue weighted by Gasteiger charge is -2.36. The highest BCUT2D eigenvalue weighted by atomic mass is 32.1. The molecule has 2 rings (SSSR count). The second-order valence-electron chi connectivity index (χ2n) is 10.5. The summed E-state index contributed by atoms with van der Waals surface area (Å²) >= 11 is 1.01. The first-order chi connectivity index (χ1) is 16.4. The molecule has 1 aromatic heterocycles. The van der Waals surface area contributed by atoms with E-state index in [4.69, 9.17) is 20.0 Å². The van der Waals surface area contributed by atoms with Gasteiger partial charge in [0, 0.05) is 11.9 Å². The second-order valence-corrected chi connectivity index (χ2v) is 11.4. The van der Waals surface area contributed by atoms with Gasteiger partial charge in [0.2, 0.25) is 11.5 Å². The molecule has 1 aliphatic heterocycles. The van der Waals surface area contributed by atoms with Crippen LogP contribution in [0.1, 0.15) is 61.1 Å². The lowest BCUT2D eigenvalue weighted by molar-refractivity contribution is -0.179. The van der Waals surface area contributed by atoms with Crippen molar-refractivity contribution >= 4 is 46.1 Å². The van der Waals surface area contributed by atoms with Crippen LogP contribution >= 0.6 is 11.3 Å². The lowest BCUT2D eigenvalue weighted by Crippen LogP contribution is -2.71. The van der Waals surface area contributed by atoms with Gasteiger partial charge in [-0.25, -0.2) is 14.6 Å². The van der Waals surface area contributed by atoms with Crippen LogP contribution in [-0.2, 0) is 28.7 Å². The molecule has 2 heterocycles. The van der Waals surface area contributed by atoms with Crippen molar-refractivity contribution in [3.63, 3.8) is 0 Å². The predicted molar refractivity (Wildman–Crippen MR) is 132 cm³/mol. The summed E-state index contributed by atoms with van der Waals surface area (Å²) in [6.45, 7) is 13.2. The van der Waals surface area contributed by atoms with Crippen molar-refractivity contribution < 1.29 is 33.5 Å². The molecule has 14 heteroatoms. The van der Waals surface area contributed by atoms with E-state index in [9.17, 15) is 19.2 Å². The number of thiazole rings is 1. The summed E-state index contributed by atoms with van der Waals surface area (Å²) in [5.74, 6) is -1.90.